The molecule has 10 nitrogen and oxygen atoms in total. The van der Waals surface area contributed by atoms with Gasteiger partial charge in [-0.1, -0.05) is 157 Å². The van der Waals surface area contributed by atoms with Gasteiger partial charge in [0, 0.05) is 12.8 Å². The van der Waals surface area contributed by atoms with E-state index >= 15 is 0 Å². The molecule has 2 unspecified atom stereocenters. The number of carbonyl (C=O) groups excluding carboxylic acids is 2. The maximum Gasteiger partial charge on any atom is 0.306 e. The lowest BCUT2D eigenvalue weighted by Crippen LogP contribution is -2.37. The summed E-state index contributed by atoms with van der Waals surface area (Å²) in [7, 11) is 1.09. The molecule has 3 atom stereocenters. The molecule has 0 rings (SSSR count). The molecule has 322 valence electrons. The lowest BCUT2D eigenvalue weighted by atomic mass is 10.0. The van der Waals surface area contributed by atoms with Crippen molar-refractivity contribution in [2.45, 2.75) is 154 Å². The third kappa shape index (κ3) is 39.6. The fraction of sp³-hybridized carbons (Fsp3) is 0.689. The highest BCUT2D eigenvalue weighted by Crippen LogP contribution is 2.38. The van der Waals surface area contributed by atoms with Crippen LogP contribution in [0.25, 0.3) is 0 Å². The number of likely N-dealkylation sites (N-methyl/N-ethyl adjacent to an activating group) is 1. The number of ether oxygens (including phenoxy) is 2. The number of nitrogens with zero attached hydrogens (tertiary/aromatic N) is 1. The van der Waals surface area contributed by atoms with Gasteiger partial charge in [-0.05, 0) is 44.9 Å². The highest BCUT2D eigenvalue weighted by molar-refractivity contribution is 7.45. The van der Waals surface area contributed by atoms with Gasteiger partial charge in [0.1, 0.15) is 19.8 Å². The van der Waals surface area contributed by atoms with Crippen molar-refractivity contribution in [1.29, 1.82) is 0 Å². The Hall–Kier alpha value is -2.59. The molecule has 0 spiro atoms. The van der Waals surface area contributed by atoms with E-state index in [2.05, 4.69) is 32.1 Å². The van der Waals surface area contributed by atoms with Gasteiger partial charge < -0.3 is 33.0 Å². The van der Waals surface area contributed by atoms with Gasteiger partial charge in [-0.2, -0.15) is 0 Å². The number of aliphatic hydroxyl groups excluding tert-OH is 1. The van der Waals surface area contributed by atoms with E-state index in [1.807, 2.05) is 69.8 Å². The van der Waals surface area contributed by atoms with Gasteiger partial charge in [0.2, 0.25) is 0 Å². The Labute approximate surface area is 341 Å². The molecule has 0 aliphatic rings. The van der Waals surface area contributed by atoms with Gasteiger partial charge in [-0.25, -0.2) is 0 Å². The normalized spacial score (nSPS) is 14.9. The predicted molar refractivity (Wildman–Crippen MR) is 228 cm³/mol. The molecule has 0 amide bonds. The van der Waals surface area contributed by atoms with Crippen LogP contribution in [0.3, 0.4) is 0 Å². The molecule has 0 aromatic rings. The number of phosphoric ester groups is 1. The Balaban J connectivity index is 4.55. The Morgan fingerprint density at radius 1 is 0.679 bits per heavy atom. The van der Waals surface area contributed by atoms with Crippen molar-refractivity contribution in [1.82, 2.24) is 0 Å². The molecule has 0 aliphatic heterocycles. The van der Waals surface area contributed by atoms with Crippen molar-refractivity contribution in [3.63, 3.8) is 0 Å². The second-order valence-corrected chi connectivity index (χ2v) is 16.6. The summed E-state index contributed by atoms with van der Waals surface area (Å²) in [6.45, 7) is 3.92. The first-order valence-corrected chi connectivity index (χ1v) is 22.7. The molecule has 0 radical (unpaired) electrons. The van der Waals surface area contributed by atoms with E-state index in [-0.39, 0.29) is 26.1 Å². The second-order valence-electron chi connectivity index (χ2n) is 15.2. The zero-order valence-corrected chi connectivity index (χ0v) is 36.6. The van der Waals surface area contributed by atoms with Gasteiger partial charge in [0.25, 0.3) is 7.82 Å². The summed E-state index contributed by atoms with van der Waals surface area (Å²) in [4.78, 5) is 37.4. The van der Waals surface area contributed by atoms with Crippen LogP contribution in [-0.2, 0) is 32.7 Å². The number of aliphatic hydroxyl groups is 1. The molecule has 1 N–H and O–H groups in total. The predicted octanol–water partition coefficient (Wildman–Crippen LogP) is 10.2. The molecular weight excluding hydrogens is 729 g/mol. The smallest absolute Gasteiger partial charge is 0.306 e. The van der Waals surface area contributed by atoms with E-state index < -0.39 is 38.6 Å². The Morgan fingerprint density at radius 2 is 1.25 bits per heavy atom. The number of hydrogen-bond donors (Lipinski definition) is 1. The van der Waals surface area contributed by atoms with Crippen molar-refractivity contribution in [3.8, 4) is 0 Å². The van der Waals surface area contributed by atoms with Gasteiger partial charge >= 0.3 is 11.9 Å². The number of esters is 2. The van der Waals surface area contributed by atoms with E-state index in [9.17, 15) is 24.2 Å². The first kappa shape index (κ1) is 53.4. The molecule has 0 bridgehead atoms. The van der Waals surface area contributed by atoms with Crippen molar-refractivity contribution in [3.05, 3.63) is 72.9 Å². The first-order chi connectivity index (χ1) is 26.9. The van der Waals surface area contributed by atoms with Crippen LogP contribution in [0.5, 0.6) is 0 Å². The van der Waals surface area contributed by atoms with E-state index in [4.69, 9.17) is 18.5 Å². The number of allylic oxidation sites excluding steroid dienone is 10. The third-order valence-electron chi connectivity index (χ3n) is 8.58. The lowest BCUT2D eigenvalue weighted by molar-refractivity contribution is -0.870. The number of quaternary nitrogens is 1. The number of hydrogen-bond acceptors (Lipinski definition) is 9. The van der Waals surface area contributed by atoms with Crippen molar-refractivity contribution >= 4 is 19.8 Å². The number of phosphoric acid groups is 1. The largest absolute Gasteiger partial charge is 0.756 e. The average Bonchev–Trinajstić information content (AvgIpc) is 3.14. The van der Waals surface area contributed by atoms with Crippen LogP contribution in [0, 0.1) is 0 Å². The van der Waals surface area contributed by atoms with Crippen molar-refractivity contribution in [2.75, 3.05) is 47.5 Å². The van der Waals surface area contributed by atoms with E-state index in [1.54, 1.807) is 6.08 Å². The SMILES string of the molecule is CC/C=C\C/C=C\CC(O)/C=C/C=C\C/C=C\C/C=C\CCC(=O)OC[C@H](COP(=O)([O-])OCC[N+](C)(C)C)OC(=O)CCCCCCCCCCCCCC. The number of unbranched alkanes of at least 4 members (excludes halogenated alkanes) is 11. The van der Waals surface area contributed by atoms with E-state index in [0.717, 1.165) is 44.9 Å². The maximum atomic E-state index is 12.6. The van der Waals surface area contributed by atoms with Gasteiger partial charge in [-0.15, -0.1) is 0 Å². The third-order valence-corrected chi connectivity index (χ3v) is 9.55. The molecule has 0 aromatic heterocycles. The molecular formula is C45H78NO9P. The van der Waals surface area contributed by atoms with Crippen molar-refractivity contribution in [2.24, 2.45) is 0 Å². The molecule has 0 fully saturated rings. The van der Waals surface area contributed by atoms with E-state index in [1.165, 1.54) is 51.4 Å². The Bertz CT molecular complexity index is 1200. The van der Waals surface area contributed by atoms with Gasteiger partial charge in [-0.3, -0.25) is 14.2 Å². The zero-order valence-electron chi connectivity index (χ0n) is 35.7. The summed E-state index contributed by atoms with van der Waals surface area (Å²) in [5.41, 5.74) is 0. The molecule has 0 aliphatic carbocycles. The molecule has 11 heteroatoms. The van der Waals surface area contributed by atoms with Crippen LogP contribution in [0.4, 0.5) is 0 Å². The summed E-state index contributed by atoms with van der Waals surface area (Å²) in [5.74, 6) is -0.968. The molecule has 0 aromatic carbocycles. The monoisotopic (exact) mass is 808 g/mol. The standard InChI is InChI=1S/C45H78NO9P/c1-6-8-10-12-14-15-16-17-22-25-29-33-37-45(49)55-43(41-54-56(50,51)53-39-38-46(3,4)5)40-52-44(48)36-32-28-24-21-19-18-20-23-27-31-35-42(47)34-30-26-13-11-9-7-2/h9,11,18-19,23-24,26-28,30-31,35,42-43,47H,6-8,10,12-17,20-22,25,29,32-34,36-41H2,1-5H3/b11-9-,19-18-,27-23-,28-24-,30-26-,35-31+/t42?,43-/m1/s1. The van der Waals surface area contributed by atoms with Crippen LogP contribution in [0.1, 0.15) is 142 Å². The topological polar surface area (TPSA) is 131 Å². The maximum absolute atomic E-state index is 12.6. The molecule has 56 heavy (non-hydrogen) atoms. The minimum Gasteiger partial charge on any atom is -0.756 e. The first-order valence-electron chi connectivity index (χ1n) is 21.3. The summed E-state index contributed by atoms with van der Waals surface area (Å²) >= 11 is 0. The lowest BCUT2D eigenvalue weighted by Gasteiger charge is -2.28. The summed E-state index contributed by atoms with van der Waals surface area (Å²) < 4.78 is 33.7. The average molecular weight is 808 g/mol. The van der Waals surface area contributed by atoms with Crippen LogP contribution < -0.4 is 4.89 Å². The summed E-state index contributed by atoms with van der Waals surface area (Å²) in [6.07, 6.45) is 41.1. The summed E-state index contributed by atoms with van der Waals surface area (Å²) in [5, 5.41) is 10.00. The minimum atomic E-state index is -4.65. The molecule has 0 saturated heterocycles. The zero-order chi connectivity index (χ0) is 41.6. The van der Waals surface area contributed by atoms with Crippen LogP contribution in [-0.4, -0.2) is 81.2 Å². The molecule has 0 heterocycles. The van der Waals surface area contributed by atoms with Gasteiger partial charge in [0.15, 0.2) is 6.10 Å². The molecule has 0 saturated carbocycles. The minimum absolute atomic E-state index is 0.0527. The Morgan fingerprint density at radius 3 is 1.88 bits per heavy atom. The summed E-state index contributed by atoms with van der Waals surface area (Å²) in [6, 6.07) is 0. The van der Waals surface area contributed by atoms with Crippen LogP contribution >= 0.6 is 7.82 Å². The Kier molecular flexibility index (Phi) is 35.0. The fourth-order valence-corrected chi connectivity index (χ4v) is 5.96. The quantitative estimate of drug-likeness (QED) is 0.0163. The van der Waals surface area contributed by atoms with Gasteiger partial charge in [0.05, 0.1) is 33.9 Å². The number of carbonyl (C=O) groups is 2. The van der Waals surface area contributed by atoms with Crippen molar-refractivity contribution < 1.29 is 47.2 Å². The van der Waals surface area contributed by atoms with Crippen LogP contribution in [0.2, 0.25) is 0 Å². The number of rotatable bonds is 37. The van der Waals surface area contributed by atoms with E-state index in [0.29, 0.717) is 30.3 Å². The highest BCUT2D eigenvalue weighted by Gasteiger charge is 2.21. The highest BCUT2D eigenvalue weighted by atomic mass is 31.2. The fourth-order valence-electron chi connectivity index (χ4n) is 5.23. The second kappa shape index (κ2) is 36.7. The van der Waals surface area contributed by atoms with Crippen LogP contribution in [0.15, 0.2) is 72.9 Å².